The van der Waals surface area contributed by atoms with Gasteiger partial charge < -0.3 is 0 Å². The number of hydrogen-bond donors (Lipinski definition) is 1. The van der Waals surface area contributed by atoms with E-state index in [9.17, 15) is 16.8 Å². The van der Waals surface area contributed by atoms with E-state index < -0.39 is 20.0 Å². The average molecular weight is 403 g/mol. The first-order valence-electron chi connectivity index (χ1n) is 6.74. The molecule has 0 spiro atoms. The van der Waals surface area contributed by atoms with Gasteiger partial charge in [0.1, 0.15) is 4.90 Å². The van der Waals surface area contributed by atoms with Crippen molar-refractivity contribution in [1.82, 2.24) is 9.03 Å². The van der Waals surface area contributed by atoms with Crippen LogP contribution >= 0.6 is 23.2 Å². The molecular formula is C13H20Cl2N2O4S2. The highest BCUT2D eigenvalue weighted by atomic mass is 35.5. The Hall–Kier alpha value is -0.380. The number of hydrogen-bond acceptors (Lipinski definition) is 4. The monoisotopic (exact) mass is 402 g/mol. The third kappa shape index (κ3) is 5.30. The Bertz CT molecular complexity index is 766. The van der Waals surface area contributed by atoms with Gasteiger partial charge in [0.2, 0.25) is 20.0 Å². The summed E-state index contributed by atoms with van der Waals surface area (Å²) < 4.78 is 51.0. The van der Waals surface area contributed by atoms with Gasteiger partial charge in [-0.15, -0.1) is 0 Å². The van der Waals surface area contributed by atoms with Gasteiger partial charge in [-0.05, 0) is 37.5 Å². The smallest absolute Gasteiger partial charge is 0.213 e. The van der Waals surface area contributed by atoms with E-state index in [0.717, 1.165) is 10.6 Å². The van der Waals surface area contributed by atoms with E-state index >= 15 is 0 Å². The minimum Gasteiger partial charge on any atom is -0.213 e. The van der Waals surface area contributed by atoms with Crippen molar-refractivity contribution in [2.24, 2.45) is 0 Å². The number of aryl methyl sites for hydroxylation is 1. The second kappa shape index (κ2) is 7.67. The molecular weight excluding hydrogens is 383 g/mol. The van der Waals surface area contributed by atoms with E-state index in [0.29, 0.717) is 22.6 Å². The number of sulfonamides is 2. The zero-order chi connectivity index (χ0) is 18.0. The highest BCUT2D eigenvalue weighted by Gasteiger charge is 2.23. The third-order valence-corrected chi connectivity index (χ3v) is 7.30. The van der Waals surface area contributed by atoms with Gasteiger partial charge in [-0.3, -0.25) is 0 Å². The lowest BCUT2D eigenvalue weighted by Crippen LogP contribution is -2.31. The molecule has 0 aromatic heterocycles. The molecule has 1 aromatic carbocycles. The van der Waals surface area contributed by atoms with Crippen LogP contribution in [0.4, 0.5) is 0 Å². The van der Waals surface area contributed by atoms with Crippen molar-refractivity contribution in [1.29, 1.82) is 0 Å². The summed E-state index contributed by atoms with van der Waals surface area (Å²) in [5, 5.41) is 0.455. The molecule has 23 heavy (non-hydrogen) atoms. The first-order chi connectivity index (χ1) is 10.4. The van der Waals surface area contributed by atoms with Crippen molar-refractivity contribution < 1.29 is 16.8 Å². The van der Waals surface area contributed by atoms with E-state index in [2.05, 4.69) is 4.72 Å². The van der Waals surface area contributed by atoms with E-state index in [1.54, 1.807) is 19.9 Å². The average Bonchev–Trinajstić information content (AvgIpc) is 2.40. The molecule has 6 nitrogen and oxygen atoms in total. The summed E-state index contributed by atoms with van der Waals surface area (Å²) in [6.45, 7) is 3.56. The molecule has 0 atom stereocenters. The van der Waals surface area contributed by atoms with Crippen LogP contribution < -0.4 is 4.72 Å². The zero-order valence-electron chi connectivity index (χ0n) is 13.4. The molecule has 0 aliphatic carbocycles. The van der Waals surface area contributed by atoms with Gasteiger partial charge in [0, 0.05) is 25.2 Å². The van der Waals surface area contributed by atoms with Gasteiger partial charge in [0.15, 0.2) is 0 Å². The summed E-state index contributed by atoms with van der Waals surface area (Å²) in [6.07, 6.45) is 1.42. The molecule has 0 bridgehead atoms. The van der Waals surface area contributed by atoms with Crippen molar-refractivity contribution in [2.75, 3.05) is 26.4 Å². The molecule has 0 aliphatic heterocycles. The van der Waals surface area contributed by atoms with Gasteiger partial charge in [-0.2, -0.15) is 0 Å². The Labute approximate surface area is 147 Å². The van der Waals surface area contributed by atoms with Crippen molar-refractivity contribution >= 4 is 43.2 Å². The van der Waals surface area contributed by atoms with Crippen LogP contribution in [-0.4, -0.2) is 47.5 Å². The number of benzene rings is 1. The van der Waals surface area contributed by atoms with Crippen LogP contribution in [0.2, 0.25) is 10.0 Å². The van der Waals surface area contributed by atoms with Crippen molar-refractivity contribution in [2.45, 2.75) is 25.2 Å². The molecule has 1 N–H and O–H groups in total. The minimum absolute atomic E-state index is 0.0411. The number of nitrogens with one attached hydrogen (secondary N) is 1. The Balaban J connectivity index is 2.86. The number of rotatable bonds is 7. The fourth-order valence-electron chi connectivity index (χ4n) is 1.88. The summed E-state index contributed by atoms with van der Waals surface area (Å²) in [6, 6.07) is 1.61. The summed E-state index contributed by atoms with van der Waals surface area (Å²) in [7, 11) is -5.68. The van der Waals surface area contributed by atoms with E-state index in [1.165, 1.54) is 7.05 Å². The van der Waals surface area contributed by atoms with Gasteiger partial charge in [0.25, 0.3) is 0 Å². The quantitative estimate of drug-likeness (QED) is 0.708. The molecule has 0 fully saturated rings. The zero-order valence-corrected chi connectivity index (χ0v) is 16.5. The Morgan fingerprint density at radius 2 is 1.74 bits per heavy atom. The van der Waals surface area contributed by atoms with Gasteiger partial charge in [-0.25, -0.2) is 25.9 Å². The van der Waals surface area contributed by atoms with Crippen LogP contribution in [0.3, 0.4) is 0 Å². The van der Waals surface area contributed by atoms with Crippen LogP contribution in [0, 0.1) is 13.8 Å². The van der Waals surface area contributed by atoms with Gasteiger partial charge >= 0.3 is 0 Å². The predicted octanol–water partition coefficient (Wildman–Crippen LogP) is 2.17. The minimum atomic E-state index is -3.83. The van der Waals surface area contributed by atoms with Crippen LogP contribution in [0.15, 0.2) is 11.0 Å². The third-order valence-electron chi connectivity index (χ3n) is 3.36. The molecule has 0 unspecified atom stereocenters. The lowest BCUT2D eigenvalue weighted by Gasteiger charge is -2.16. The highest BCUT2D eigenvalue weighted by Crippen LogP contribution is 2.33. The molecule has 0 saturated carbocycles. The van der Waals surface area contributed by atoms with E-state index in [4.69, 9.17) is 23.2 Å². The van der Waals surface area contributed by atoms with E-state index in [1.807, 2.05) is 0 Å². The number of halogens is 2. The van der Waals surface area contributed by atoms with Crippen molar-refractivity contribution in [3.05, 3.63) is 27.2 Å². The maximum absolute atomic E-state index is 12.4. The molecule has 1 aromatic rings. The number of nitrogens with zero attached hydrogens (tertiary/aromatic N) is 1. The highest BCUT2D eigenvalue weighted by molar-refractivity contribution is 7.89. The molecule has 0 saturated heterocycles. The standard InChI is InChI=1S/C13H20Cl2N2O4S2/c1-9-8-11(14)10(2)13(12(9)15)23(20,21)16-6-5-7-17(3)22(4,18)19/h8,16H,5-7H2,1-4H3. The molecule has 132 valence electrons. The Morgan fingerprint density at radius 1 is 1.17 bits per heavy atom. The molecule has 0 amide bonds. The normalized spacial score (nSPS) is 12.8. The van der Waals surface area contributed by atoms with Crippen molar-refractivity contribution in [3.8, 4) is 0 Å². The first kappa shape index (κ1) is 20.7. The lowest BCUT2D eigenvalue weighted by molar-refractivity contribution is 0.465. The molecule has 10 heteroatoms. The molecule has 0 heterocycles. The Kier molecular flexibility index (Phi) is 6.89. The summed E-state index contributed by atoms with van der Waals surface area (Å²) in [5.74, 6) is 0. The summed E-state index contributed by atoms with van der Waals surface area (Å²) in [4.78, 5) is -0.0411. The van der Waals surface area contributed by atoms with Crippen LogP contribution in [0.5, 0.6) is 0 Å². The largest absolute Gasteiger partial charge is 0.242 e. The second-order valence-corrected chi connectivity index (χ2v) is 9.86. The summed E-state index contributed by atoms with van der Waals surface area (Å²) in [5.41, 5.74) is 0.947. The fraction of sp³-hybridized carbons (Fsp3) is 0.538. The van der Waals surface area contributed by atoms with Gasteiger partial charge in [-0.1, -0.05) is 23.2 Å². The topological polar surface area (TPSA) is 83.6 Å². The lowest BCUT2D eigenvalue weighted by atomic mass is 10.2. The molecule has 1 rings (SSSR count). The SMILES string of the molecule is Cc1cc(Cl)c(C)c(S(=O)(=O)NCCCN(C)S(C)(=O)=O)c1Cl. The molecule has 0 radical (unpaired) electrons. The second-order valence-electron chi connectivity index (χ2n) is 5.28. The van der Waals surface area contributed by atoms with Crippen LogP contribution in [-0.2, 0) is 20.0 Å². The maximum atomic E-state index is 12.4. The van der Waals surface area contributed by atoms with Crippen LogP contribution in [0.25, 0.3) is 0 Å². The van der Waals surface area contributed by atoms with E-state index in [-0.39, 0.29) is 23.0 Å². The Morgan fingerprint density at radius 3 is 2.26 bits per heavy atom. The predicted molar refractivity (Wildman–Crippen MR) is 93.2 cm³/mol. The fourth-order valence-corrected chi connectivity index (χ4v) is 4.62. The van der Waals surface area contributed by atoms with Crippen LogP contribution in [0.1, 0.15) is 17.5 Å². The molecule has 0 aliphatic rings. The maximum Gasteiger partial charge on any atom is 0.242 e. The summed E-state index contributed by atoms with van der Waals surface area (Å²) >= 11 is 12.1. The van der Waals surface area contributed by atoms with Crippen molar-refractivity contribution in [3.63, 3.8) is 0 Å². The first-order valence-corrected chi connectivity index (χ1v) is 10.8. The van der Waals surface area contributed by atoms with Gasteiger partial charge in [0.05, 0.1) is 11.3 Å².